The molecule has 5 nitrogen and oxygen atoms in total. The Morgan fingerprint density at radius 3 is 2.24 bits per heavy atom. The summed E-state index contributed by atoms with van der Waals surface area (Å²) in [6.45, 7) is 0. The summed E-state index contributed by atoms with van der Waals surface area (Å²) in [5.41, 5.74) is 1.10. The summed E-state index contributed by atoms with van der Waals surface area (Å²) in [5, 5.41) is 3.42. The summed E-state index contributed by atoms with van der Waals surface area (Å²) in [7, 11) is 2.93. The Morgan fingerprint density at radius 2 is 1.55 bits per heavy atom. The van der Waals surface area contributed by atoms with E-state index in [1.165, 1.54) is 20.3 Å². The summed E-state index contributed by atoms with van der Waals surface area (Å²) >= 11 is 12.3. The van der Waals surface area contributed by atoms with E-state index in [-0.39, 0.29) is 16.9 Å². The molecule has 0 aliphatic rings. The van der Waals surface area contributed by atoms with Crippen LogP contribution < -0.4 is 14.8 Å². The molecule has 3 aromatic rings. The van der Waals surface area contributed by atoms with Gasteiger partial charge in [0, 0.05) is 16.1 Å². The number of halogens is 2. The molecule has 0 aliphatic heterocycles. The Balaban J connectivity index is 2.00. The number of hydrogen-bond donors (Lipinski definition) is 1. The van der Waals surface area contributed by atoms with Gasteiger partial charge in [0.2, 0.25) is 0 Å². The maximum Gasteiger partial charge on any atom is 0.259 e. The number of carbonyl (C=O) groups is 2. The lowest BCUT2D eigenvalue weighted by atomic mass is 10.0. The third kappa shape index (κ3) is 4.36. The van der Waals surface area contributed by atoms with E-state index >= 15 is 0 Å². The van der Waals surface area contributed by atoms with Crippen molar-refractivity contribution in [2.75, 3.05) is 19.5 Å². The van der Waals surface area contributed by atoms with Gasteiger partial charge in [0.15, 0.2) is 17.3 Å². The first-order valence-electron chi connectivity index (χ1n) is 8.57. The van der Waals surface area contributed by atoms with Crippen LogP contribution in [-0.4, -0.2) is 25.9 Å². The Labute approximate surface area is 178 Å². The third-order valence-corrected chi connectivity index (χ3v) is 4.81. The molecule has 7 heteroatoms. The molecule has 0 aromatic heterocycles. The van der Waals surface area contributed by atoms with Crippen molar-refractivity contribution in [2.24, 2.45) is 0 Å². The van der Waals surface area contributed by atoms with E-state index < -0.39 is 5.91 Å². The van der Waals surface area contributed by atoms with Gasteiger partial charge in [-0.2, -0.15) is 0 Å². The first kappa shape index (κ1) is 20.7. The average Bonchev–Trinajstić information content (AvgIpc) is 2.74. The van der Waals surface area contributed by atoms with Crippen LogP contribution >= 0.6 is 23.2 Å². The van der Waals surface area contributed by atoms with Crippen molar-refractivity contribution in [1.82, 2.24) is 0 Å². The number of ether oxygens (including phenoxy) is 2. The normalized spacial score (nSPS) is 10.3. The second-order valence-electron chi connectivity index (χ2n) is 5.99. The maximum atomic E-state index is 13.0. The Morgan fingerprint density at radius 1 is 0.828 bits per heavy atom. The molecule has 0 atom stereocenters. The van der Waals surface area contributed by atoms with Gasteiger partial charge >= 0.3 is 0 Å². The van der Waals surface area contributed by atoms with Gasteiger partial charge in [0.25, 0.3) is 5.91 Å². The highest BCUT2D eigenvalue weighted by atomic mass is 35.5. The van der Waals surface area contributed by atoms with Gasteiger partial charge in [-0.3, -0.25) is 9.59 Å². The minimum atomic E-state index is -0.462. The van der Waals surface area contributed by atoms with E-state index in [1.807, 2.05) is 0 Å². The summed E-state index contributed by atoms with van der Waals surface area (Å²) in [6.07, 6.45) is 0. The van der Waals surface area contributed by atoms with Crippen molar-refractivity contribution in [2.45, 2.75) is 0 Å². The minimum Gasteiger partial charge on any atom is -0.493 e. The lowest BCUT2D eigenvalue weighted by Crippen LogP contribution is -2.16. The van der Waals surface area contributed by atoms with Gasteiger partial charge in [0.1, 0.15) is 0 Å². The monoisotopic (exact) mass is 429 g/mol. The minimum absolute atomic E-state index is 0.223. The quantitative estimate of drug-likeness (QED) is 0.525. The zero-order valence-electron chi connectivity index (χ0n) is 15.7. The van der Waals surface area contributed by atoms with Crippen molar-refractivity contribution < 1.29 is 19.1 Å². The zero-order chi connectivity index (χ0) is 21.0. The predicted octanol–water partition coefficient (Wildman–Crippen LogP) is 5.49. The van der Waals surface area contributed by atoms with Crippen LogP contribution in [0.3, 0.4) is 0 Å². The molecular weight excluding hydrogens is 413 g/mol. The van der Waals surface area contributed by atoms with Gasteiger partial charge in [0.05, 0.1) is 30.5 Å². The Hall–Kier alpha value is -3.02. The molecule has 0 fully saturated rings. The molecule has 0 saturated carbocycles. The van der Waals surface area contributed by atoms with Crippen LogP contribution in [0.1, 0.15) is 26.3 Å². The smallest absolute Gasteiger partial charge is 0.259 e. The Kier molecular flexibility index (Phi) is 6.42. The molecule has 0 bridgehead atoms. The topological polar surface area (TPSA) is 64.6 Å². The van der Waals surface area contributed by atoms with E-state index in [0.717, 1.165) is 0 Å². The van der Waals surface area contributed by atoms with E-state index in [0.29, 0.717) is 32.8 Å². The molecule has 3 rings (SSSR count). The summed E-state index contributed by atoms with van der Waals surface area (Å²) in [5.74, 6) is -0.105. The van der Waals surface area contributed by atoms with Gasteiger partial charge in [-0.25, -0.2) is 0 Å². The van der Waals surface area contributed by atoms with Crippen molar-refractivity contribution in [3.8, 4) is 11.5 Å². The van der Waals surface area contributed by atoms with Crippen LogP contribution in [-0.2, 0) is 0 Å². The lowest BCUT2D eigenvalue weighted by Gasteiger charge is -2.15. The highest BCUT2D eigenvalue weighted by Gasteiger charge is 2.21. The highest BCUT2D eigenvalue weighted by Crippen LogP contribution is 2.32. The largest absolute Gasteiger partial charge is 0.493 e. The van der Waals surface area contributed by atoms with Gasteiger partial charge in [-0.05, 0) is 42.5 Å². The third-order valence-electron chi connectivity index (χ3n) is 4.24. The first-order chi connectivity index (χ1) is 14.0. The second-order valence-corrected chi connectivity index (χ2v) is 6.84. The van der Waals surface area contributed by atoms with Crippen molar-refractivity contribution >= 4 is 40.6 Å². The zero-order valence-corrected chi connectivity index (χ0v) is 17.2. The van der Waals surface area contributed by atoms with E-state index in [2.05, 4.69) is 5.32 Å². The van der Waals surface area contributed by atoms with E-state index in [4.69, 9.17) is 32.7 Å². The molecule has 0 unspecified atom stereocenters. The van der Waals surface area contributed by atoms with Crippen LogP contribution in [0.15, 0.2) is 60.7 Å². The molecule has 0 heterocycles. The number of ketones is 1. The van der Waals surface area contributed by atoms with Gasteiger partial charge in [-0.15, -0.1) is 0 Å². The van der Waals surface area contributed by atoms with Crippen molar-refractivity contribution in [3.63, 3.8) is 0 Å². The number of methoxy groups -OCH3 is 2. The van der Waals surface area contributed by atoms with Gasteiger partial charge in [-0.1, -0.05) is 41.4 Å². The Bertz CT molecular complexity index is 1080. The number of anilines is 1. The first-order valence-corrected chi connectivity index (χ1v) is 9.33. The fourth-order valence-corrected chi connectivity index (χ4v) is 3.25. The molecule has 29 heavy (non-hydrogen) atoms. The number of rotatable bonds is 6. The number of hydrogen-bond acceptors (Lipinski definition) is 4. The number of amides is 1. The van der Waals surface area contributed by atoms with Crippen molar-refractivity contribution in [1.29, 1.82) is 0 Å². The molecular formula is C22H17Cl2NO4. The average molecular weight is 430 g/mol. The maximum absolute atomic E-state index is 13.0. The molecule has 1 amide bonds. The molecule has 0 spiro atoms. The molecule has 0 aliphatic carbocycles. The number of para-hydroxylation sites is 1. The van der Waals surface area contributed by atoms with Crippen LogP contribution in [0.25, 0.3) is 0 Å². The lowest BCUT2D eigenvalue weighted by molar-refractivity contribution is 0.102. The summed E-state index contributed by atoms with van der Waals surface area (Å²) in [4.78, 5) is 26.0. The SMILES string of the molecule is COc1cccc(C(=O)Nc2ccc(Cl)cc2C(=O)c2ccccc2Cl)c1OC. The second kappa shape index (κ2) is 8.99. The molecule has 148 valence electrons. The van der Waals surface area contributed by atoms with Crippen LogP contribution in [0.2, 0.25) is 10.0 Å². The summed E-state index contributed by atoms with van der Waals surface area (Å²) < 4.78 is 10.6. The van der Waals surface area contributed by atoms with Gasteiger partial charge < -0.3 is 14.8 Å². The predicted molar refractivity (Wildman–Crippen MR) is 114 cm³/mol. The van der Waals surface area contributed by atoms with E-state index in [9.17, 15) is 9.59 Å². The molecule has 3 aromatic carbocycles. The highest BCUT2D eigenvalue weighted by molar-refractivity contribution is 6.36. The van der Waals surface area contributed by atoms with Crippen LogP contribution in [0.5, 0.6) is 11.5 Å². The van der Waals surface area contributed by atoms with Crippen LogP contribution in [0, 0.1) is 0 Å². The number of carbonyl (C=O) groups excluding carboxylic acids is 2. The number of nitrogens with one attached hydrogen (secondary N) is 1. The fourth-order valence-electron chi connectivity index (χ4n) is 2.86. The standard InChI is InChI=1S/C22H17Cl2NO4/c1-28-19-9-5-7-15(21(19)29-2)22(27)25-18-11-10-13(23)12-16(18)20(26)14-6-3-4-8-17(14)24/h3-12H,1-2H3,(H,25,27). The molecule has 1 N–H and O–H groups in total. The molecule has 0 saturated heterocycles. The molecule has 0 radical (unpaired) electrons. The number of benzene rings is 3. The fraction of sp³-hybridized carbons (Fsp3) is 0.0909. The summed E-state index contributed by atoms with van der Waals surface area (Å²) in [6, 6.07) is 16.3. The van der Waals surface area contributed by atoms with E-state index in [1.54, 1.807) is 54.6 Å². The van der Waals surface area contributed by atoms with Crippen molar-refractivity contribution in [3.05, 3.63) is 87.4 Å². The van der Waals surface area contributed by atoms with Crippen LogP contribution in [0.4, 0.5) is 5.69 Å².